The summed E-state index contributed by atoms with van der Waals surface area (Å²) >= 11 is 3.33. The number of benzene rings is 2. The number of ether oxygens (including phenoxy) is 4. The predicted octanol–water partition coefficient (Wildman–Crippen LogP) is 3.34. The number of hydrogen-bond donors (Lipinski definition) is 1. The maximum absolute atomic E-state index is 12.5. The van der Waals surface area contributed by atoms with Crippen LogP contribution in [0.4, 0.5) is 5.69 Å². The van der Waals surface area contributed by atoms with Gasteiger partial charge < -0.3 is 24.3 Å². The molecule has 10 heteroatoms. The first-order chi connectivity index (χ1) is 15.3. The first-order valence-corrected chi connectivity index (χ1v) is 9.80. The number of amides is 1. The van der Waals surface area contributed by atoms with Gasteiger partial charge in [-0.25, -0.2) is 9.59 Å². The van der Waals surface area contributed by atoms with E-state index in [4.69, 9.17) is 9.47 Å². The van der Waals surface area contributed by atoms with Crippen LogP contribution in [0, 0.1) is 11.3 Å². The Morgan fingerprint density at radius 3 is 2.34 bits per heavy atom. The van der Waals surface area contributed by atoms with E-state index in [9.17, 15) is 19.6 Å². The van der Waals surface area contributed by atoms with Crippen LogP contribution in [-0.2, 0) is 19.1 Å². The summed E-state index contributed by atoms with van der Waals surface area (Å²) in [6, 6.07) is 11.0. The van der Waals surface area contributed by atoms with Crippen LogP contribution in [0.2, 0.25) is 0 Å². The number of esters is 2. The summed E-state index contributed by atoms with van der Waals surface area (Å²) < 4.78 is 20.3. The highest BCUT2D eigenvalue weighted by Crippen LogP contribution is 2.37. The van der Waals surface area contributed by atoms with Gasteiger partial charge in [0.05, 0.1) is 31.4 Å². The summed E-state index contributed by atoms with van der Waals surface area (Å²) in [5, 5.41) is 12.0. The third-order valence-electron chi connectivity index (χ3n) is 4.05. The zero-order valence-electron chi connectivity index (χ0n) is 17.4. The van der Waals surface area contributed by atoms with Crippen LogP contribution >= 0.6 is 15.9 Å². The number of carbonyl (C=O) groups excluding carboxylic acids is 3. The lowest BCUT2D eigenvalue weighted by Crippen LogP contribution is -2.14. The van der Waals surface area contributed by atoms with Crippen molar-refractivity contribution in [2.45, 2.75) is 0 Å². The molecule has 0 atom stereocenters. The molecule has 0 radical (unpaired) electrons. The summed E-state index contributed by atoms with van der Waals surface area (Å²) in [7, 11) is 3.93. The lowest BCUT2D eigenvalue weighted by molar-refractivity contribution is -0.142. The number of anilines is 1. The Morgan fingerprint density at radius 2 is 1.78 bits per heavy atom. The van der Waals surface area contributed by atoms with Gasteiger partial charge >= 0.3 is 11.9 Å². The van der Waals surface area contributed by atoms with Crippen molar-refractivity contribution in [3.8, 4) is 17.6 Å². The van der Waals surface area contributed by atoms with Gasteiger partial charge in [0.15, 0.2) is 18.1 Å². The number of rotatable bonds is 8. The van der Waals surface area contributed by atoms with Crippen molar-refractivity contribution in [2.24, 2.45) is 0 Å². The molecule has 0 saturated heterocycles. The molecule has 0 fully saturated rings. The van der Waals surface area contributed by atoms with Crippen LogP contribution in [0.25, 0.3) is 6.08 Å². The van der Waals surface area contributed by atoms with Gasteiger partial charge in [-0.05, 0) is 64.0 Å². The Bertz CT molecular complexity index is 1090. The minimum absolute atomic E-state index is 0.167. The van der Waals surface area contributed by atoms with E-state index in [1.807, 2.05) is 6.07 Å². The molecule has 32 heavy (non-hydrogen) atoms. The molecule has 0 aliphatic carbocycles. The highest BCUT2D eigenvalue weighted by atomic mass is 79.9. The summed E-state index contributed by atoms with van der Waals surface area (Å²) in [5.74, 6) is -1.15. The molecule has 2 aromatic carbocycles. The Morgan fingerprint density at radius 1 is 1.09 bits per heavy atom. The SMILES string of the molecule is COC(=O)COc1c(Br)cc(/C=C(\C#N)C(=O)Nc2ccc(C(=O)OC)cc2)cc1OC. The molecule has 0 bridgehead atoms. The number of methoxy groups -OCH3 is 3. The molecule has 2 aromatic rings. The molecule has 0 saturated carbocycles. The third kappa shape index (κ3) is 6.33. The Kier molecular flexibility index (Phi) is 8.80. The van der Waals surface area contributed by atoms with E-state index in [0.717, 1.165) is 0 Å². The fraction of sp³-hybridized carbons (Fsp3) is 0.182. The summed E-state index contributed by atoms with van der Waals surface area (Å²) in [4.78, 5) is 35.3. The number of nitriles is 1. The average molecular weight is 503 g/mol. The van der Waals surface area contributed by atoms with E-state index in [-0.39, 0.29) is 23.7 Å². The zero-order chi connectivity index (χ0) is 23.7. The normalized spacial score (nSPS) is 10.5. The molecule has 0 aromatic heterocycles. The Labute approximate surface area is 192 Å². The molecule has 1 amide bonds. The lowest BCUT2D eigenvalue weighted by Gasteiger charge is -2.13. The van der Waals surface area contributed by atoms with Crippen molar-refractivity contribution in [2.75, 3.05) is 33.3 Å². The van der Waals surface area contributed by atoms with Crippen LogP contribution in [-0.4, -0.2) is 45.8 Å². The molecular formula is C22H19BrN2O7. The second-order valence-electron chi connectivity index (χ2n) is 6.09. The topological polar surface area (TPSA) is 124 Å². The smallest absolute Gasteiger partial charge is 0.343 e. The van der Waals surface area contributed by atoms with Gasteiger partial charge in [0.25, 0.3) is 5.91 Å². The van der Waals surface area contributed by atoms with E-state index >= 15 is 0 Å². The van der Waals surface area contributed by atoms with Crippen molar-refractivity contribution in [3.63, 3.8) is 0 Å². The van der Waals surface area contributed by atoms with E-state index in [2.05, 4.69) is 30.7 Å². The quantitative estimate of drug-likeness (QED) is 0.331. The van der Waals surface area contributed by atoms with Gasteiger partial charge in [-0.2, -0.15) is 5.26 Å². The molecule has 0 aliphatic heterocycles. The maximum Gasteiger partial charge on any atom is 0.343 e. The van der Waals surface area contributed by atoms with E-state index in [0.29, 0.717) is 21.3 Å². The van der Waals surface area contributed by atoms with Crippen LogP contribution in [0.5, 0.6) is 11.5 Å². The number of hydrogen-bond acceptors (Lipinski definition) is 8. The molecule has 0 unspecified atom stereocenters. The molecule has 0 aliphatic rings. The van der Waals surface area contributed by atoms with Crippen molar-refractivity contribution in [3.05, 3.63) is 57.6 Å². The average Bonchev–Trinajstić information content (AvgIpc) is 2.80. The molecule has 2 rings (SSSR count). The van der Waals surface area contributed by atoms with Crippen LogP contribution in [0.15, 0.2) is 46.4 Å². The molecule has 0 spiro atoms. The van der Waals surface area contributed by atoms with E-state index in [1.165, 1.54) is 51.7 Å². The summed E-state index contributed by atoms with van der Waals surface area (Å²) in [5.41, 5.74) is 1.04. The maximum atomic E-state index is 12.5. The lowest BCUT2D eigenvalue weighted by atomic mass is 10.1. The van der Waals surface area contributed by atoms with Crippen molar-refractivity contribution >= 4 is 45.5 Å². The summed E-state index contributed by atoms with van der Waals surface area (Å²) in [6.07, 6.45) is 1.37. The first kappa shape index (κ1) is 24.4. The van der Waals surface area contributed by atoms with Crippen LogP contribution in [0.1, 0.15) is 15.9 Å². The minimum Gasteiger partial charge on any atom is -0.493 e. The number of halogens is 1. The number of carbonyl (C=O) groups is 3. The molecule has 166 valence electrons. The van der Waals surface area contributed by atoms with Gasteiger partial charge in [0, 0.05) is 5.69 Å². The van der Waals surface area contributed by atoms with E-state index in [1.54, 1.807) is 12.1 Å². The van der Waals surface area contributed by atoms with Gasteiger partial charge in [-0.15, -0.1) is 0 Å². The van der Waals surface area contributed by atoms with Gasteiger partial charge in [-0.1, -0.05) is 0 Å². The first-order valence-electron chi connectivity index (χ1n) is 9.01. The van der Waals surface area contributed by atoms with Crippen molar-refractivity contribution < 1.29 is 33.3 Å². The highest BCUT2D eigenvalue weighted by Gasteiger charge is 2.15. The summed E-state index contributed by atoms with van der Waals surface area (Å²) in [6.45, 7) is -0.318. The molecule has 0 heterocycles. The predicted molar refractivity (Wildman–Crippen MR) is 118 cm³/mol. The zero-order valence-corrected chi connectivity index (χ0v) is 19.0. The highest BCUT2D eigenvalue weighted by molar-refractivity contribution is 9.10. The largest absolute Gasteiger partial charge is 0.493 e. The Hall–Kier alpha value is -3.84. The third-order valence-corrected chi connectivity index (χ3v) is 4.64. The second kappa shape index (κ2) is 11.5. The monoisotopic (exact) mass is 502 g/mol. The standard InChI is InChI=1S/C22H19BrN2O7/c1-29-18-10-13(9-17(23)20(18)32-12-19(26)30-2)8-15(11-24)21(27)25-16-6-4-14(5-7-16)22(28)31-3/h4-10H,12H2,1-3H3,(H,25,27)/b15-8+. The number of nitrogens with zero attached hydrogens (tertiary/aromatic N) is 1. The second-order valence-corrected chi connectivity index (χ2v) is 6.95. The van der Waals surface area contributed by atoms with Gasteiger partial charge in [-0.3, -0.25) is 4.79 Å². The minimum atomic E-state index is -0.639. The van der Waals surface area contributed by atoms with Gasteiger partial charge in [0.1, 0.15) is 11.6 Å². The van der Waals surface area contributed by atoms with Crippen LogP contribution < -0.4 is 14.8 Å². The van der Waals surface area contributed by atoms with Crippen molar-refractivity contribution in [1.29, 1.82) is 5.26 Å². The molecule has 1 N–H and O–H groups in total. The molecular weight excluding hydrogens is 484 g/mol. The fourth-order valence-corrected chi connectivity index (χ4v) is 3.05. The van der Waals surface area contributed by atoms with Crippen molar-refractivity contribution in [1.82, 2.24) is 0 Å². The Balaban J connectivity index is 2.23. The van der Waals surface area contributed by atoms with Gasteiger partial charge in [0.2, 0.25) is 0 Å². The number of nitrogens with one attached hydrogen (secondary N) is 1. The van der Waals surface area contributed by atoms with E-state index < -0.39 is 17.8 Å². The van der Waals surface area contributed by atoms with Crippen LogP contribution in [0.3, 0.4) is 0 Å². The fourth-order valence-electron chi connectivity index (χ4n) is 2.47. The molecule has 9 nitrogen and oxygen atoms in total.